The van der Waals surface area contributed by atoms with Gasteiger partial charge in [-0.1, -0.05) is 19.0 Å². The van der Waals surface area contributed by atoms with Gasteiger partial charge >= 0.3 is 0 Å². The number of carbonyl (C=O) groups excluding carboxylic acids is 2. The molecule has 26 heavy (non-hydrogen) atoms. The van der Waals surface area contributed by atoms with E-state index >= 15 is 0 Å². The van der Waals surface area contributed by atoms with Crippen LogP contribution in [0.15, 0.2) is 33.4 Å². The first-order valence-corrected chi connectivity index (χ1v) is 8.34. The Morgan fingerprint density at radius 2 is 2.00 bits per heavy atom. The van der Waals surface area contributed by atoms with Crippen LogP contribution in [0.4, 0.5) is 0 Å². The molecule has 3 aromatic heterocycles. The van der Waals surface area contributed by atoms with Crippen LogP contribution in [0.2, 0.25) is 0 Å². The van der Waals surface area contributed by atoms with E-state index in [0.29, 0.717) is 41.2 Å². The van der Waals surface area contributed by atoms with E-state index < -0.39 is 0 Å². The van der Waals surface area contributed by atoms with Gasteiger partial charge in [0.25, 0.3) is 11.6 Å². The first kappa shape index (κ1) is 17.7. The van der Waals surface area contributed by atoms with Gasteiger partial charge in [0, 0.05) is 19.0 Å². The van der Waals surface area contributed by atoms with E-state index in [2.05, 4.69) is 20.8 Å². The smallest absolute Gasteiger partial charge is 0.259 e. The topological polar surface area (TPSA) is 110 Å². The average molecular weight is 356 g/mol. The molecule has 0 fully saturated rings. The Balaban J connectivity index is 1.80. The van der Waals surface area contributed by atoms with Crippen molar-refractivity contribution in [3.05, 3.63) is 35.7 Å². The second-order valence-electron chi connectivity index (χ2n) is 6.18. The number of fused-ring (bicyclic) bond motifs is 1. The highest BCUT2D eigenvalue weighted by atomic mass is 16.5. The average Bonchev–Trinajstić information content (AvgIpc) is 3.27. The molecule has 3 rings (SSSR count). The highest BCUT2D eigenvalue weighted by Gasteiger charge is 2.20. The van der Waals surface area contributed by atoms with Crippen molar-refractivity contribution in [1.82, 2.24) is 20.8 Å². The third-order valence-electron chi connectivity index (χ3n) is 3.87. The maximum absolute atomic E-state index is 12.7. The molecule has 3 aromatic rings. The molecule has 0 aliphatic carbocycles. The minimum absolute atomic E-state index is 0.0551. The molecule has 0 saturated heterocycles. The molecule has 0 spiro atoms. The second kappa shape index (κ2) is 7.38. The standard InChI is InChI=1S/C18H20N4O4/c1-10(2)16(23)19-6-7-20-17(24)12-9-13(14-5-4-8-25-14)21-18-15(12)11(3)22-26-18/h4-5,8-10H,6-7H2,1-3H3,(H,19,23)(H,20,24). The first-order chi connectivity index (χ1) is 12.5. The van der Waals surface area contributed by atoms with Crippen molar-refractivity contribution in [3.8, 4) is 11.5 Å². The van der Waals surface area contributed by atoms with Crippen LogP contribution >= 0.6 is 0 Å². The maximum Gasteiger partial charge on any atom is 0.259 e. The van der Waals surface area contributed by atoms with E-state index in [-0.39, 0.29) is 23.4 Å². The molecular formula is C18H20N4O4. The summed E-state index contributed by atoms with van der Waals surface area (Å²) in [6.45, 7) is 6.03. The van der Waals surface area contributed by atoms with Crippen molar-refractivity contribution < 1.29 is 18.5 Å². The number of carbonyl (C=O) groups is 2. The lowest BCUT2D eigenvalue weighted by Crippen LogP contribution is -2.36. The van der Waals surface area contributed by atoms with E-state index in [0.717, 1.165) is 0 Å². The van der Waals surface area contributed by atoms with Gasteiger partial charge in [-0.25, -0.2) is 4.98 Å². The summed E-state index contributed by atoms with van der Waals surface area (Å²) in [4.78, 5) is 28.6. The minimum atomic E-state index is -0.296. The summed E-state index contributed by atoms with van der Waals surface area (Å²) in [7, 11) is 0. The van der Waals surface area contributed by atoms with Gasteiger partial charge in [0.2, 0.25) is 5.91 Å². The van der Waals surface area contributed by atoms with E-state index in [4.69, 9.17) is 8.94 Å². The summed E-state index contributed by atoms with van der Waals surface area (Å²) in [5, 5.41) is 10.0. The third kappa shape index (κ3) is 3.58. The van der Waals surface area contributed by atoms with Crippen LogP contribution in [0.1, 0.15) is 29.9 Å². The fourth-order valence-electron chi connectivity index (χ4n) is 2.49. The molecule has 0 bridgehead atoms. The van der Waals surface area contributed by atoms with Crippen LogP contribution in [0, 0.1) is 12.8 Å². The van der Waals surface area contributed by atoms with Crippen molar-refractivity contribution in [2.24, 2.45) is 5.92 Å². The predicted molar refractivity (Wildman–Crippen MR) is 94.4 cm³/mol. The second-order valence-corrected chi connectivity index (χ2v) is 6.18. The van der Waals surface area contributed by atoms with Crippen LogP contribution in [0.3, 0.4) is 0 Å². The van der Waals surface area contributed by atoms with Crippen molar-refractivity contribution in [3.63, 3.8) is 0 Å². The molecule has 0 aliphatic heterocycles. The molecule has 2 N–H and O–H groups in total. The Hall–Kier alpha value is -3.16. The number of pyridine rings is 1. The Kier molecular flexibility index (Phi) is 5.01. The molecule has 0 radical (unpaired) electrons. The van der Waals surface area contributed by atoms with Gasteiger partial charge in [-0.05, 0) is 25.1 Å². The number of hydrogen-bond acceptors (Lipinski definition) is 6. The summed E-state index contributed by atoms with van der Waals surface area (Å²) < 4.78 is 10.6. The predicted octanol–water partition coefficient (Wildman–Crippen LogP) is 2.29. The highest BCUT2D eigenvalue weighted by Crippen LogP contribution is 2.27. The Morgan fingerprint density at radius 1 is 1.23 bits per heavy atom. The van der Waals surface area contributed by atoms with Crippen LogP contribution in [-0.2, 0) is 4.79 Å². The Labute approximate surface area is 149 Å². The quantitative estimate of drug-likeness (QED) is 0.656. The zero-order chi connectivity index (χ0) is 18.7. The number of nitrogens with zero attached hydrogens (tertiary/aromatic N) is 2. The molecule has 136 valence electrons. The van der Waals surface area contributed by atoms with Gasteiger partial charge in [-0.15, -0.1) is 0 Å². The van der Waals surface area contributed by atoms with E-state index in [1.807, 2.05) is 13.8 Å². The fraction of sp³-hybridized carbons (Fsp3) is 0.333. The first-order valence-electron chi connectivity index (χ1n) is 8.34. The van der Waals surface area contributed by atoms with Crippen LogP contribution < -0.4 is 10.6 Å². The van der Waals surface area contributed by atoms with Gasteiger partial charge in [-0.3, -0.25) is 9.59 Å². The van der Waals surface area contributed by atoms with Crippen LogP contribution in [-0.4, -0.2) is 35.0 Å². The number of hydrogen-bond donors (Lipinski definition) is 2. The largest absolute Gasteiger partial charge is 0.463 e. The molecule has 0 saturated carbocycles. The normalized spacial score (nSPS) is 11.1. The summed E-state index contributed by atoms with van der Waals surface area (Å²) >= 11 is 0. The maximum atomic E-state index is 12.7. The lowest BCUT2D eigenvalue weighted by Gasteiger charge is -2.09. The van der Waals surface area contributed by atoms with Gasteiger partial charge < -0.3 is 19.6 Å². The fourth-order valence-corrected chi connectivity index (χ4v) is 2.49. The molecule has 8 nitrogen and oxygen atoms in total. The number of rotatable bonds is 6. The summed E-state index contributed by atoms with van der Waals surface area (Å²) in [5.41, 5.74) is 1.73. The Bertz CT molecular complexity index is 928. The Morgan fingerprint density at radius 3 is 2.69 bits per heavy atom. The monoisotopic (exact) mass is 356 g/mol. The van der Waals surface area contributed by atoms with E-state index in [1.54, 1.807) is 25.1 Å². The molecule has 8 heteroatoms. The van der Waals surface area contributed by atoms with Crippen molar-refractivity contribution in [2.45, 2.75) is 20.8 Å². The number of amides is 2. The van der Waals surface area contributed by atoms with Crippen molar-refractivity contribution >= 4 is 22.9 Å². The highest BCUT2D eigenvalue weighted by molar-refractivity contribution is 6.06. The van der Waals surface area contributed by atoms with Gasteiger partial charge in [-0.2, -0.15) is 0 Å². The number of aryl methyl sites for hydroxylation is 1. The van der Waals surface area contributed by atoms with E-state index in [9.17, 15) is 9.59 Å². The van der Waals surface area contributed by atoms with Crippen molar-refractivity contribution in [2.75, 3.05) is 13.1 Å². The summed E-state index contributed by atoms with van der Waals surface area (Å²) in [5.74, 6) is 0.0797. The molecule has 0 aromatic carbocycles. The SMILES string of the molecule is Cc1noc2nc(-c3ccco3)cc(C(=O)NCCNC(=O)C(C)C)c12. The molecule has 0 unspecified atom stereocenters. The minimum Gasteiger partial charge on any atom is -0.463 e. The van der Waals surface area contributed by atoms with Crippen LogP contribution in [0.5, 0.6) is 0 Å². The number of furan rings is 1. The van der Waals surface area contributed by atoms with Gasteiger partial charge in [0.15, 0.2) is 5.76 Å². The lowest BCUT2D eigenvalue weighted by atomic mass is 10.1. The number of aromatic nitrogens is 2. The number of nitrogens with one attached hydrogen (secondary N) is 2. The molecule has 2 amide bonds. The third-order valence-corrected chi connectivity index (χ3v) is 3.87. The van der Waals surface area contributed by atoms with Gasteiger partial charge in [0.05, 0.1) is 22.9 Å². The molecule has 0 atom stereocenters. The van der Waals surface area contributed by atoms with Crippen LogP contribution in [0.25, 0.3) is 22.6 Å². The zero-order valence-corrected chi connectivity index (χ0v) is 14.8. The molecule has 3 heterocycles. The lowest BCUT2D eigenvalue weighted by molar-refractivity contribution is -0.123. The van der Waals surface area contributed by atoms with E-state index in [1.165, 1.54) is 6.26 Å². The molecule has 0 aliphatic rings. The van der Waals surface area contributed by atoms with Crippen molar-refractivity contribution in [1.29, 1.82) is 0 Å². The summed E-state index contributed by atoms with van der Waals surface area (Å²) in [6, 6.07) is 5.14. The zero-order valence-electron chi connectivity index (χ0n) is 14.8. The summed E-state index contributed by atoms with van der Waals surface area (Å²) in [6.07, 6.45) is 1.53. The van der Waals surface area contributed by atoms with Gasteiger partial charge in [0.1, 0.15) is 5.69 Å². The molecular weight excluding hydrogens is 336 g/mol.